The fraction of sp³-hybridized carbons (Fsp3) is 0.667. The molecule has 0 aliphatic heterocycles. The fourth-order valence-corrected chi connectivity index (χ4v) is 1.08. The Kier molecular flexibility index (Phi) is 1.75. The van der Waals surface area contributed by atoms with Crippen LogP contribution in [0.3, 0.4) is 0 Å². The maximum atomic E-state index is 5.56. The van der Waals surface area contributed by atoms with Crippen LogP contribution in [-0.4, -0.2) is 5.88 Å². The summed E-state index contributed by atoms with van der Waals surface area (Å²) >= 11 is 5.56. The topological polar surface area (TPSA) is 0 Å². The van der Waals surface area contributed by atoms with Gasteiger partial charge in [-0.25, -0.2) is 0 Å². The van der Waals surface area contributed by atoms with Gasteiger partial charge in [0.25, 0.3) is 0 Å². The van der Waals surface area contributed by atoms with E-state index in [0.29, 0.717) is 5.92 Å². The molecule has 1 atom stereocenters. The molecule has 0 saturated heterocycles. The maximum absolute atomic E-state index is 5.56. The summed E-state index contributed by atoms with van der Waals surface area (Å²) in [7, 11) is 0. The van der Waals surface area contributed by atoms with Crippen molar-refractivity contribution in [1.29, 1.82) is 0 Å². The molecule has 1 heteroatoms. The molecule has 1 aliphatic rings. The zero-order valence-corrected chi connectivity index (χ0v) is 4.99. The Hall–Kier alpha value is 0.0300. The zero-order valence-electron chi connectivity index (χ0n) is 4.23. The molecule has 0 unspecified atom stereocenters. The molecule has 7 heavy (non-hydrogen) atoms. The Morgan fingerprint density at radius 2 is 2.57 bits per heavy atom. The van der Waals surface area contributed by atoms with Crippen LogP contribution in [0.5, 0.6) is 0 Å². The summed E-state index contributed by atoms with van der Waals surface area (Å²) in [6.07, 6.45) is 6.90. The third-order valence-corrected chi connectivity index (χ3v) is 1.71. The highest BCUT2D eigenvalue weighted by molar-refractivity contribution is 6.18. The molecule has 0 bridgehead atoms. The lowest BCUT2D eigenvalue weighted by Crippen LogP contribution is -1.90. The van der Waals surface area contributed by atoms with Crippen molar-refractivity contribution in [2.45, 2.75) is 12.8 Å². The third kappa shape index (κ3) is 1.20. The van der Waals surface area contributed by atoms with Crippen LogP contribution in [0.2, 0.25) is 0 Å². The molecule has 0 amide bonds. The second kappa shape index (κ2) is 2.37. The summed E-state index contributed by atoms with van der Waals surface area (Å²) in [6.45, 7) is 0. The van der Waals surface area contributed by atoms with Crippen LogP contribution in [0, 0.1) is 5.92 Å². The quantitative estimate of drug-likeness (QED) is 0.364. The number of allylic oxidation sites excluding steroid dienone is 2. The fourth-order valence-electron chi connectivity index (χ4n) is 0.824. The minimum atomic E-state index is 0.682. The Labute approximate surface area is 49.2 Å². The average molecular weight is 117 g/mol. The van der Waals surface area contributed by atoms with Gasteiger partial charge in [0.05, 0.1) is 0 Å². The molecule has 0 aromatic carbocycles. The molecule has 40 valence electrons. The van der Waals surface area contributed by atoms with Crippen molar-refractivity contribution < 1.29 is 0 Å². The van der Waals surface area contributed by atoms with E-state index in [9.17, 15) is 0 Å². The largest absolute Gasteiger partial charge is 0.126 e. The van der Waals surface area contributed by atoms with Gasteiger partial charge in [0.2, 0.25) is 0 Å². The maximum Gasteiger partial charge on any atom is 0.0286 e. The Morgan fingerprint density at radius 3 is 2.86 bits per heavy atom. The van der Waals surface area contributed by atoms with Crippen LogP contribution >= 0.6 is 11.6 Å². The zero-order chi connectivity index (χ0) is 5.11. The number of hydrogen-bond donors (Lipinski definition) is 0. The minimum Gasteiger partial charge on any atom is -0.126 e. The molecule has 1 aliphatic carbocycles. The predicted molar refractivity (Wildman–Crippen MR) is 32.6 cm³/mol. The third-order valence-electron chi connectivity index (χ3n) is 1.31. The van der Waals surface area contributed by atoms with Crippen molar-refractivity contribution in [3.05, 3.63) is 12.2 Å². The lowest BCUT2D eigenvalue weighted by molar-refractivity contribution is 0.708. The van der Waals surface area contributed by atoms with E-state index in [1.165, 1.54) is 12.8 Å². The van der Waals surface area contributed by atoms with Gasteiger partial charge in [-0.3, -0.25) is 0 Å². The number of rotatable bonds is 1. The molecule has 0 aromatic rings. The Balaban J connectivity index is 2.28. The Morgan fingerprint density at radius 1 is 1.71 bits per heavy atom. The van der Waals surface area contributed by atoms with Gasteiger partial charge in [-0.05, 0) is 18.8 Å². The van der Waals surface area contributed by atoms with Gasteiger partial charge in [0, 0.05) is 5.88 Å². The molecule has 0 N–H and O–H groups in total. The molecule has 0 aromatic heterocycles. The van der Waals surface area contributed by atoms with Gasteiger partial charge in [0.15, 0.2) is 0 Å². The molecule has 0 fully saturated rings. The van der Waals surface area contributed by atoms with E-state index in [4.69, 9.17) is 11.6 Å². The van der Waals surface area contributed by atoms with E-state index in [1.807, 2.05) is 0 Å². The van der Waals surface area contributed by atoms with E-state index in [2.05, 4.69) is 12.2 Å². The normalized spacial score (nSPS) is 29.0. The molecule has 0 nitrogen and oxygen atoms in total. The lowest BCUT2D eigenvalue weighted by atomic mass is 10.2. The van der Waals surface area contributed by atoms with Crippen molar-refractivity contribution in [1.82, 2.24) is 0 Å². The summed E-state index contributed by atoms with van der Waals surface area (Å²) in [5.41, 5.74) is 0. The molecular formula is C6H9Cl. The van der Waals surface area contributed by atoms with Gasteiger partial charge in [-0.1, -0.05) is 12.2 Å². The molecule has 0 spiro atoms. The highest BCUT2D eigenvalue weighted by Crippen LogP contribution is 2.17. The number of halogens is 1. The average Bonchev–Trinajstić information content (AvgIpc) is 2.14. The molecule has 0 saturated carbocycles. The molecule has 0 radical (unpaired) electrons. The van der Waals surface area contributed by atoms with E-state index < -0.39 is 0 Å². The smallest absolute Gasteiger partial charge is 0.0286 e. The van der Waals surface area contributed by atoms with Crippen LogP contribution < -0.4 is 0 Å². The van der Waals surface area contributed by atoms with E-state index >= 15 is 0 Å². The van der Waals surface area contributed by atoms with Crippen LogP contribution in [-0.2, 0) is 0 Å². The molecule has 1 rings (SSSR count). The van der Waals surface area contributed by atoms with Gasteiger partial charge in [-0.15, -0.1) is 11.6 Å². The Bertz CT molecular complexity index is 76.2. The van der Waals surface area contributed by atoms with Crippen molar-refractivity contribution in [3.8, 4) is 0 Å². The monoisotopic (exact) mass is 116 g/mol. The number of hydrogen-bond acceptors (Lipinski definition) is 0. The molecule has 0 heterocycles. The number of alkyl halides is 1. The summed E-state index contributed by atoms with van der Waals surface area (Å²) in [4.78, 5) is 0. The van der Waals surface area contributed by atoms with Gasteiger partial charge >= 0.3 is 0 Å². The van der Waals surface area contributed by atoms with Gasteiger partial charge in [-0.2, -0.15) is 0 Å². The second-order valence-corrected chi connectivity index (χ2v) is 2.23. The van der Waals surface area contributed by atoms with Crippen molar-refractivity contribution in [3.63, 3.8) is 0 Å². The van der Waals surface area contributed by atoms with E-state index in [-0.39, 0.29) is 0 Å². The van der Waals surface area contributed by atoms with Crippen molar-refractivity contribution in [2.75, 3.05) is 5.88 Å². The minimum absolute atomic E-state index is 0.682. The SMILES string of the molecule is ClC[C@@H]1C=CCC1. The predicted octanol–water partition coefficient (Wildman–Crippen LogP) is 2.19. The van der Waals surface area contributed by atoms with Crippen molar-refractivity contribution in [2.24, 2.45) is 5.92 Å². The summed E-state index contributed by atoms with van der Waals surface area (Å²) in [6, 6.07) is 0. The lowest BCUT2D eigenvalue weighted by Gasteiger charge is -1.96. The van der Waals surface area contributed by atoms with Gasteiger partial charge in [0.1, 0.15) is 0 Å². The second-order valence-electron chi connectivity index (χ2n) is 1.92. The van der Waals surface area contributed by atoms with Gasteiger partial charge < -0.3 is 0 Å². The standard InChI is InChI=1S/C6H9Cl/c7-5-6-3-1-2-4-6/h1,3,6H,2,4-5H2/t6-/m1/s1. The summed E-state index contributed by atoms with van der Waals surface area (Å²) in [5.74, 6) is 1.48. The van der Waals surface area contributed by atoms with Crippen molar-refractivity contribution >= 4 is 11.6 Å². The first-order valence-electron chi connectivity index (χ1n) is 2.66. The van der Waals surface area contributed by atoms with Crippen LogP contribution in [0.25, 0.3) is 0 Å². The first-order valence-corrected chi connectivity index (χ1v) is 3.19. The highest BCUT2D eigenvalue weighted by Gasteiger charge is 2.05. The van der Waals surface area contributed by atoms with Crippen LogP contribution in [0.1, 0.15) is 12.8 Å². The van der Waals surface area contributed by atoms with E-state index in [0.717, 1.165) is 5.88 Å². The van der Waals surface area contributed by atoms with Crippen LogP contribution in [0.15, 0.2) is 12.2 Å². The van der Waals surface area contributed by atoms with E-state index in [1.54, 1.807) is 0 Å². The first kappa shape index (κ1) is 5.17. The summed E-state index contributed by atoms with van der Waals surface area (Å²) < 4.78 is 0. The first-order chi connectivity index (χ1) is 3.43. The highest BCUT2D eigenvalue weighted by atomic mass is 35.5. The van der Waals surface area contributed by atoms with Crippen LogP contribution in [0.4, 0.5) is 0 Å². The summed E-state index contributed by atoms with van der Waals surface area (Å²) in [5, 5.41) is 0. The molecular weight excluding hydrogens is 108 g/mol.